The summed E-state index contributed by atoms with van der Waals surface area (Å²) in [7, 11) is 0. The predicted molar refractivity (Wildman–Crippen MR) is 207 cm³/mol. The van der Waals surface area contributed by atoms with E-state index in [9.17, 15) is 0 Å². The molecular formula is C46H42N2. The number of hydrogen-bond acceptors (Lipinski definition) is 2. The molecule has 0 aliphatic rings. The van der Waals surface area contributed by atoms with E-state index in [-0.39, 0.29) is 0 Å². The van der Waals surface area contributed by atoms with Crippen LogP contribution in [-0.2, 0) is 12.8 Å². The third-order valence-corrected chi connectivity index (χ3v) is 10.1. The number of hydrogen-bond donors (Lipinski definition) is 0. The topological polar surface area (TPSA) is 25.8 Å². The van der Waals surface area contributed by atoms with Crippen molar-refractivity contribution >= 4 is 54.4 Å². The molecule has 236 valence electrons. The van der Waals surface area contributed by atoms with E-state index in [2.05, 4.69) is 135 Å². The SMILES string of the molecule is CCCCCc1cccc2c(-c3cccc4cccc(-c5c6ccccc6nc6c(CCCCC)cccc56)c34)c3ccccc3nc12. The molecule has 0 amide bonds. The molecule has 0 spiro atoms. The second-order valence-corrected chi connectivity index (χ2v) is 13.3. The van der Waals surface area contributed by atoms with E-state index in [1.54, 1.807) is 0 Å². The van der Waals surface area contributed by atoms with Gasteiger partial charge in [-0.05, 0) is 70.8 Å². The maximum absolute atomic E-state index is 5.32. The van der Waals surface area contributed by atoms with Crippen molar-refractivity contribution in [2.75, 3.05) is 0 Å². The van der Waals surface area contributed by atoms with Crippen molar-refractivity contribution in [1.29, 1.82) is 0 Å². The molecule has 2 nitrogen and oxygen atoms in total. The van der Waals surface area contributed by atoms with Crippen LogP contribution >= 0.6 is 0 Å². The molecule has 0 atom stereocenters. The molecule has 8 rings (SSSR count). The molecule has 0 aliphatic heterocycles. The first-order valence-electron chi connectivity index (χ1n) is 17.9. The second kappa shape index (κ2) is 13.2. The Hall–Kier alpha value is -5.08. The Balaban J connectivity index is 1.47. The molecule has 2 heterocycles. The zero-order valence-electron chi connectivity index (χ0n) is 28.1. The average Bonchev–Trinajstić information content (AvgIpc) is 3.13. The van der Waals surface area contributed by atoms with Gasteiger partial charge < -0.3 is 0 Å². The largest absolute Gasteiger partial charge is 0.247 e. The van der Waals surface area contributed by atoms with Crippen LogP contribution in [-0.4, -0.2) is 9.97 Å². The Labute approximate surface area is 283 Å². The van der Waals surface area contributed by atoms with Gasteiger partial charge >= 0.3 is 0 Å². The van der Waals surface area contributed by atoms with Gasteiger partial charge in [0, 0.05) is 32.7 Å². The first kappa shape index (κ1) is 30.3. The van der Waals surface area contributed by atoms with Crippen molar-refractivity contribution in [3.05, 3.63) is 132 Å². The molecule has 6 aromatic carbocycles. The van der Waals surface area contributed by atoms with Gasteiger partial charge in [0.05, 0.1) is 22.1 Å². The van der Waals surface area contributed by atoms with Crippen molar-refractivity contribution in [2.45, 2.75) is 65.2 Å². The summed E-state index contributed by atoms with van der Waals surface area (Å²) in [6.45, 7) is 4.54. The number of aromatic nitrogens is 2. The molecule has 0 fully saturated rings. The van der Waals surface area contributed by atoms with Gasteiger partial charge in [0.25, 0.3) is 0 Å². The molecule has 2 aromatic heterocycles. The Morgan fingerprint density at radius 2 is 0.854 bits per heavy atom. The minimum atomic E-state index is 1.05. The minimum absolute atomic E-state index is 1.05. The quantitative estimate of drug-likeness (QED) is 0.112. The number of aryl methyl sites for hydroxylation is 2. The highest BCUT2D eigenvalue weighted by Gasteiger charge is 2.20. The van der Waals surface area contributed by atoms with Crippen LogP contribution < -0.4 is 0 Å². The van der Waals surface area contributed by atoms with E-state index in [4.69, 9.17) is 9.97 Å². The predicted octanol–water partition coefficient (Wildman–Crippen LogP) is 13.0. The number of rotatable bonds is 10. The highest BCUT2D eigenvalue weighted by molar-refractivity contribution is 6.21. The van der Waals surface area contributed by atoms with E-state index >= 15 is 0 Å². The molecule has 0 N–H and O–H groups in total. The highest BCUT2D eigenvalue weighted by Crippen LogP contribution is 2.45. The molecule has 0 unspecified atom stereocenters. The number of fused-ring (bicyclic) bond motifs is 5. The zero-order valence-corrected chi connectivity index (χ0v) is 28.1. The minimum Gasteiger partial charge on any atom is -0.247 e. The van der Waals surface area contributed by atoms with Crippen molar-refractivity contribution in [3.8, 4) is 22.3 Å². The van der Waals surface area contributed by atoms with Crippen LogP contribution in [0.2, 0.25) is 0 Å². The van der Waals surface area contributed by atoms with Gasteiger partial charge in [-0.2, -0.15) is 0 Å². The molecular weight excluding hydrogens is 581 g/mol. The molecule has 0 radical (unpaired) electrons. The first-order valence-corrected chi connectivity index (χ1v) is 17.9. The van der Waals surface area contributed by atoms with Crippen LogP contribution in [0.5, 0.6) is 0 Å². The average molecular weight is 623 g/mol. The summed E-state index contributed by atoms with van der Waals surface area (Å²) in [5, 5.41) is 7.37. The van der Waals surface area contributed by atoms with Gasteiger partial charge in [-0.15, -0.1) is 0 Å². The molecule has 48 heavy (non-hydrogen) atoms. The third-order valence-electron chi connectivity index (χ3n) is 10.1. The van der Waals surface area contributed by atoms with Gasteiger partial charge in [-0.1, -0.05) is 149 Å². The van der Waals surface area contributed by atoms with Crippen LogP contribution in [0.15, 0.2) is 121 Å². The lowest BCUT2D eigenvalue weighted by molar-refractivity contribution is 0.719. The summed E-state index contributed by atoms with van der Waals surface area (Å²) in [6.07, 6.45) is 9.35. The van der Waals surface area contributed by atoms with Crippen LogP contribution in [0, 0.1) is 0 Å². The Kier molecular flexibility index (Phi) is 8.32. The fraction of sp³-hybridized carbons (Fsp3) is 0.217. The van der Waals surface area contributed by atoms with E-state index in [1.165, 1.54) is 104 Å². The van der Waals surface area contributed by atoms with E-state index in [0.717, 1.165) is 34.9 Å². The summed E-state index contributed by atoms with van der Waals surface area (Å²) in [6, 6.07) is 44.7. The first-order chi connectivity index (χ1) is 23.8. The monoisotopic (exact) mass is 622 g/mol. The van der Waals surface area contributed by atoms with E-state index in [1.807, 2.05) is 0 Å². The number of unbranched alkanes of at least 4 members (excludes halogenated alkanes) is 4. The number of nitrogens with zero attached hydrogens (tertiary/aromatic N) is 2. The summed E-state index contributed by atoms with van der Waals surface area (Å²) in [4.78, 5) is 10.6. The number of pyridine rings is 2. The fourth-order valence-electron chi connectivity index (χ4n) is 7.82. The lowest BCUT2D eigenvalue weighted by Crippen LogP contribution is -1.97. The molecule has 0 bridgehead atoms. The Bertz CT molecular complexity index is 2270. The summed E-state index contributed by atoms with van der Waals surface area (Å²) in [5.41, 5.74) is 12.1. The van der Waals surface area contributed by atoms with Crippen LogP contribution in [0.1, 0.15) is 63.5 Å². The molecule has 2 heteroatoms. The molecule has 0 saturated carbocycles. The Morgan fingerprint density at radius 1 is 0.417 bits per heavy atom. The second-order valence-electron chi connectivity index (χ2n) is 13.3. The van der Waals surface area contributed by atoms with E-state index in [0.29, 0.717) is 0 Å². The Morgan fingerprint density at radius 3 is 1.33 bits per heavy atom. The van der Waals surface area contributed by atoms with Gasteiger partial charge in [0.15, 0.2) is 0 Å². The maximum Gasteiger partial charge on any atom is 0.0747 e. The molecule has 0 aliphatic carbocycles. The summed E-state index contributed by atoms with van der Waals surface area (Å²) >= 11 is 0. The molecule has 0 saturated heterocycles. The highest BCUT2D eigenvalue weighted by atomic mass is 14.7. The summed E-state index contributed by atoms with van der Waals surface area (Å²) < 4.78 is 0. The lowest BCUT2D eigenvalue weighted by Gasteiger charge is -2.19. The van der Waals surface area contributed by atoms with Gasteiger partial charge in [-0.3, -0.25) is 0 Å². The lowest BCUT2D eigenvalue weighted by atomic mass is 9.85. The third kappa shape index (κ3) is 5.30. The van der Waals surface area contributed by atoms with Crippen molar-refractivity contribution in [3.63, 3.8) is 0 Å². The number of benzene rings is 6. The summed E-state index contributed by atoms with van der Waals surface area (Å²) in [5.74, 6) is 0. The smallest absolute Gasteiger partial charge is 0.0747 e. The van der Waals surface area contributed by atoms with E-state index < -0.39 is 0 Å². The fourth-order valence-corrected chi connectivity index (χ4v) is 7.82. The van der Waals surface area contributed by atoms with Gasteiger partial charge in [0.1, 0.15) is 0 Å². The van der Waals surface area contributed by atoms with Gasteiger partial charge in [0.2, 0.25) is 0 Å². The zero-order chi connectivity index (χ0) is 32.5. The van der Waals surface area contributed by atoms with Crippen molar-refractivity contribution in [1.82, 2.24) is 9.97 Å². The number of para-hydroxylation sites is 4. The normalized spacial score (nSPS) is 11.8. The van der Waals surface area contributed by atoms with Gasteiger partial charge in [-0.25, -0.2) is 9.97 Å². The standard InChI is InChI=1S/C46H42N2/c1-3-5-7-17-32-21-15-27-38-43(34-23-9-11-29-40(34)47-45(32)38)36-25-13-19-31-20-14-26-37(42(31)36)44-35-24-10-12-30-41(35)48-46-33(18-8-6-4-2)22-16-28-39(44)46/h9-16,19-30H,3-8,17-18H2,1-2H3. The maximum atomic E-state index is 5.32. The van der Waals surface area contributed by atoms with Crippen LogP contribution in [0.3, 0.4) is 0 Å². The molecule has 8 aromatic rings. The van der Waals surface area contributed by atoms with Crippen LogP contribution in [0.25, 0.3) is 76.6 Å². The van der Waals surface area contributed by atoms with Crippen molar-refractivity contribution in [2.24, 2.45) is 0 Å². The van der Waals surface area contributed by atoms with Crippen LogP contribution in [0.4, 0.5) is 0 Å². The van der Waals surface area contributed by atoms with Crippen molar-refractivity contribution < 1.29 is 0 Å².